The number of halogens is 2. The number of sulfone groups is 1. The summed E-state index contributed by atoms with van der Waals surface area (Å²) in [6.07, 6.45) is -1.18. The molecule has 102 valence electrons. The Hall–Kier alpha value is -0.800. The average Bonchev–Trinajstić information content (AvgIpc) is 2.69. The molecule has 2 atom stereocenters. The van der Waals surface area contributed by atoms with Crippen LogP contribution < -0.4 is 0 Å². The van der Waals surface area contributed by atoms with Crippen molar-refractivity contribution < 1.29 is 13.5 Å². The fraction of sp³-hybridized carbons (Fsp3) is 0.417. The SMILES string of the molecule is N#CC1(C(O)c2cccc(Cl)c2Cl)CCS(=O)(=O)C1. The van der Waals surface area contributed by atoms with E-state index in [1.54, 1.807) is 18.2 Å². The van der Waals surface area contributed by atoms with Crippen LogP contribution in [0.15, 0.2) is 18.2 Å². The minimum Gasteiger partial charge on any atom is -0.387 e. The molecule has 7 heteroatoms. The molecular weight excluding hydrogens is 309 g/mol. The molecule has 2 rings (SSSR count). The molecule has 19 heavy (non-hydrogen) atoms. The van der Waals surface area contributed by atoms with Gasteiger partial charge in [0.1, 0.15) is 11.5 Å². The van der Waals surface area contributed by atoms with Gasteiger partial charge in [-0.05, 0) is 12.5 Å². The molecule has 1 aliphatic rings. The minimum absolute atomic E-state index is 0.0931. The number of aliphatic hydroxyl groups is 1. The Labute approximate surface area is 121 Å². The second kappa shape index (κ2) is 4.95. The predicted molar refractivity (Wildman–Crippen MR) is 72.7 cm³/mol. The molecule has 2 unspecified atom stereocenters. The zero-order valence-electron chi connectivity index (χ0n) is 9.81. The van der Waals surface area contributed by atoms with Crippen LogP contribution in [0.3, 0.4) is 0 Å². The Balaban J connectivity index is 2.46. The Morgan fingerprint density at radius 2 is 2.11 bits per heavy atom. The van der Waals surface area contributed by atoms with Crippen molar-refractivity contribution in [1.29, 1.82) is 5.26 Å². The first kappa shape index (κ1) is 14.6. The maximum Gasteiger partial charge on any atom is 0.152 e. The summed E-state index contributed by atoms with van der Waals surface area (Å²) < 4.78 is 23.1. The Morgan fingerprint density at radius 3 is 2.63 bits per heavy atom. The highest BCUT2D eigenvalue weighted by Gasteiger charge is 2.49. The highest BCUT2D eigenvalue weighted by atomic mass is 35.5. The number of rotatable bonds is 2. The van der Waals surface area contributed by atoms with Crippen LogP contribution in [0.25, 0.3) is 0 Å². The van der Waals surface area contributed by atoms with Crippen molar-refractivity contribution in [2.45, 2.75) is 12.5 Å². The highest BCUT2D eigenvalue weighted by molar-refractivity contribution is 7.91. The summed E-state index contributed by atoms with van der Waals surface area (Å²) in [5, 5.41) is 20.1. The van der Waals surface area contributed by atoms with Gasteiger partial charge in [-0.1, -0.05) is 35.3 Å². The topological polar surface area (TPSA) is 78.2 Å². The number of aliphatic hydroxyl groups excluding tert-OH is 1. The second-order valence-electron chi connectivity index (χ2n) is 4.66. The lowest BCUT2D eigenvalue weighted by atomic mass is 9.80. The van der Waals surface area contributed by atoms with E-state index < -0.39 is 21.4 Å². The lowest BCUT2D eigenvalue weighted by Crippen LogP contribution is -2.29. The molecule has 1 fully saturated rings. The summed E-state index contributed by atoms with van der Waals surface area (Å²) in [5.74, 6) is -0.462. The number of nitrogens with zero attached hydrogens (tertiary/aromatic N) is 1. The number of nitriles is 1. The van der Waals surface area contributed by atoms with Gasteiger partial charge < -0.3 is 5.11 Å². The Morgan fingerprint density at radius 1 is 1.42 bits per heavy atom. The van der Waals surface area contributed by atoms with Gasteiger partial charge in [0.25, 0.3) is 0 Å². The van der Waals surface area contributed by atoms with Crippen LogP contribution >= 0.6 is 23.2 Å². The number of benzene rings is 1. The first-order valence-corrected chi connectivity index (χ1v) is 8.13. The van der Waals surface area contributed by atoms with Gasteiger partial charge in [0.05, 0.1) is 27.6 Å². The predicted octanol–water partition coefficient (Wildman–Crippen LogP) is 2.36. The van der Waals surface area contributed by atoms with Crippen LogP contribution in [0.5, 0.6) is 0 Å². The van der Waals surface area contributed by atoms with Crippen LogP contribution in [-0.2, 0) is 9.84 Å². The second-order valence-corrected chi connectivity index (χ2v) is 7.62. The van der Waals surface area contributed by atoms with Gasteiger partial charge in [-0.15, -0.1) is 0 Å². The van der Waals surface area contributed by atoms with Crippen molar-refractivity contribution in [1.82, 2.24) is 0 Å². The first-order valence-electron chi connectivity index (χ1n) is 5.55. The van der Waals surface area contributed by atoms with Gasteiger partial charge in [0, 0.05) is 5.56 Å². The summed E-state index contributed by atoms with van der Waals surface area (Å²) in [7, 11) is -3.30. The Kier molecular flexibility index (Phi) is 3.80. The fourth-order valence-electron chi connectivity index (χ4n) is 2.27. The minimum atomic E-state index is -3.30. The Bertz CT molecular complexity index is 653. The molecule has 0 aliphatic carbocycles. The fourth-order valence-corrected chi connectivity index (χ4v) is 4.65. The van der Waals surface area contributed by atoms with Gasteiger partial charge in [0.2, 0.25) is 0 Å². The molecule has 1 aliphatic heterocycles. The third-order valence-electron chi connectivity index (χ3n) is 3.36. The summed E-state index contributed by atoms with van der Waals surface area (Å²) in [4.78, 5) is 0. The third-order valence-corrected chi connectivity index (χ3v) is 5.97. The molecule has 1 saturated heterocycles. The monoisotopic (exact) mass is 319 g/mol. The molecule has 1 aromatic rings. The zero-order chi connectivity index (χ0) is 14.3. The van der Waals surface area contributed by atoms with Gasteiger partial charge in [-0.3, -0.25) is 0 Å². The van der Waals surface area contributed by atoms with E-state index in [1.165, 1.54) is 0 Å². The van der Waals surface area contributed by atoms with Crippen molar-refractivity contribution in [2.75, 3.05) is 11.5 Å². The van der Waals surface area contributed by atoms with Gasteiger partial charge in [0.15, 0.2) is 9.84 Å². The van der Waals surface area contributed by atoms with Crippen LogP contribution in [-0.4, -0.2) is 25.0 Å². The molecular formula is C12H11Cl2NO3S. The van der Waals surface area contributed by atoms with Crippen LogP contribution in [0, 0.1) is 16.7 Å². The number of hydrogen-bond acceptors (Lipinski definition) is 4. The van der Waals surface area contributed by atoms with Crippen molar-refractivity contribution >= 4 is 33.0 Å². The maximum atomic E-state index is 11.6. The van der Waals surface area contributed by atoms with Gasteiger partial charge in [-0.2, -0.15) is 5.26 Å². The van der Waals surface area contributed by atoms with E-state index in [0.717, 1.165) is 0 Å². The van der Waals surface area contributed by atoms with Crippen LogP contribution in [0.2, 0.25) is 10.0 Å². The smallest absolute Gasteiger partial charge is 0.152 e. The summed E-state index contributed by atoms with van der Waals surface area (Å²) in [5.41, 5.74) is -1.07. The van der Waals surface area contributed by atoms with Gasteiger partial charge >= 0.3 is 0 Å². The molecule has 0 spiro atoms. The van der Waals surface area contributed by atoms with E-state index in [2.05, 4.69) is 0 Å². The lowest BCUT2D eigenvalue weighted by Gasteiger charge is -2.26. The van der Waals surface area contributed by atoms with Crippen molar-refractivity contribution in [3.63, 3.8) is 0 Å². The molecule has 0 radical (unpaired) electrons. The zero-order valence-corrected chi connectivity index (χ0v) is 12.1. The highest BCUT2D eigenvalue weighted by Crippen LogP contribution is 2.45. The first-order chi connectivity index (χ1) is 8.81. The van der Waals surface area contributed by atoms with Crippen molar-refractivity contribution in [3.05, 3.63) is 33.8 Å². The van der Waals surface area contributed by atoms with E-state index in [0.29, 0.717) is 0 Å². The third kappa shape index (κ3) is 2.59. The molecule has 0 amide bonds. The van der Waals surface area contributed by atoms with Crippen molar-refractivity contribution in [3.8, 4) is 6.07 Å². The van der Waals surface area contributed by atoms with Crippen LogP contribution in [0.1, 0.15) is 18.1 Å². The number of hydrogen-bond donors (Lipinski definition) is 1. The standard InChI is InChI=1S/C12H11Cl2NO3S/c13-9-3-1-2-8(10(9)14)11(16)12(6-15)4-5-19(17,18)7-12/h1-3,11,16H,4-5,7H2. The van der Waals surface area contributed by atoms with Crippen molar-refractivity contribution in [2.24, 2.45) is 5.41 Å². The normalized spacial score (nSPS) is 26.8. The summed E-state index contributed by atoms with van der Waals surface area (Å²) >= 11 is 11.9. The summed E-state index contributed by atoms with van der Waals surface area (Å²) in [6.45, 7) is 0. The van der Waals surface area contributed by atoms with E-state index in [9.17, 15) is 18.8 Å². The quantitative estimate of drug-likeness (QED) is 0.907. The van der Waals surface area contributed by atoms with E-state index >= 15 is 0 Å². The van der Waals surface area contributed by atoms with Gasteiger partial charge in [-0.25, -0.2) is 8.42 Å². The van der Waals surface area contributed by atoms with Crippen LogP contribution in [0.4, 0.5) is 0 Å². The van der Waals surface area contributed by atoms with E-state index in [1.807, 2.05) is 6.07 Å². The molecule has 1 N–H and O–H groups in total. The molecule has 0 saturated carbocycles. The maximum absolute atomic E-state index is 11.6. The molecule has 0 bridgehead atoms. The van der Waals surface area contributed by atoms with E-state index in [4.69, 9.17) is 23.2 Å². The molecule has 4 nitrogen and oxygen atoms in total. The molecule has 0 aromatic heterocycles. The van der Waals surface area contributed by atoms with E-state index in [-0.39, 0.29) is 33.5 Å². The average molecular weight is 320 g/mol. The molecule has 1 heterocycles. The summed E-state index contributed by atoms with van der Waals surface area (Å²) in [6, 6.07) is 6.65. The largest absolute Gasteiger partial charge is 0.387 e. The molecule has 1 aromatic carbocycles. The lowest BCUT2D eigenvalue weighted by molar-refractivity contribution is 0.0794.